The van der Waals surface area contributed by atoms with Crippen molar-refractivity contribution >= 4 is 45.1 Å². The van der Waals surface area contributed by atoms with Crippen LogP contribution in [0.5, 0.6) is 6.01 Å². The number of halogens is 2. The Kier molecular flexibility index (Phi) is 8.02. The Morgan fingerprint density at radius 1 is 1.18 bits per heavy atom. The van der Waals surface area contributed by atoms with Gasteiger partial charge in [-0.2, -0.15) is 15.1 Å². The molecule has 11 heteroatoms. The number of anilines is 1. The number of benzene rings is 2. The monoisotopic (exact) mass is 615 g/mol. The lowest BCUT2D eigenvalue weighted by molar-refractivity contribution is -0.128. The van der Waals surface area contributed by atoms with Crippen molar-refractivity contribution in [1.29, 1.82) is 0 Å². The van der Waals surface area contributed by atoms with Gasteiger partial charge in [0.2, 0.25) is 5.91 Å². The average Bonchev–Trinajstić information content (AvgIpc) is 3.68. The van der Waals surface area contributed by atoms with Crippen LogP contribution in [-0.2, 0) is 17.8 Å². The number of aryl methyl sites for hydroxylation is 2. The van der Waals surface area contributed by atoms with E-state index in [1.807, 2.05) is 45.2 Å². The number of aromatic nitrogens is 5. The molecule has 6 rings (SSSR count). The maximum Gasteiger partial charge on any atom is 0.319 e. The quantitative estimate of drug-likeness (QED) is 0.205. The lowest BCUT2D eigenvalue weighted by atomic mass is 9.95. The number of H-pyrrole nitrogens is 1. The van der Waals surface area contributed by atoms with Crippen molar-refractivity contribution in [1.82, 2.24) is 29.6 Å². The molecule has 2 atom stereocenters. The topological polar surface area (TPSA) is 92.2 Å². The molecule has 44 heavy (non-hydrogen) atoms. The minimum Gasteiger partial charge on any atom is -0.461 e. The fourth-order valence-corrected chi connectivity index (χ4v) is 6.49. The molecule has 4 heterocycles. The van der Waals surface area contributed by atoms with Gasteiger partial charge in [0.05, 0.1) is 23.3 Å². The van der Waals surface area contributed by atoms with Crippen molar-refractivity contribution in [3.63, 3.8) is 0 Å². The normalized spacial score (nSPS) is 17.0. The van der Waals surface area contributed by atoms with Crippen LogP contribution in [0, 0.1) is 12.7 Å². The summed E-state index contributed by atoms with van der Waals surface area (Å²) >= 11 is 6.91. The molecular formula is C33H35ClFN7O2. The number of carbonyl (C=O) groups is 1. The summed E-state index contributed by atoms with van der Waals surface area (Å²) in [6, 6.07) is 9.46. The Hall–Kier alpha value is -4.44. The number of fused-ring (bicyclic) bond motifs is 2. The van der Waals surface area contributed by atoms with Gasteiger partial charge in [-0.15, -0.1) is 0 Å². The minimum absolute atomic E-state index is 0.0765. The highest BCUT2D eigenvalue weighted by Gasteiger charge is 2.34. The SMILES string of the molecule is C=CC(=O)N1C[C@H](C)N(c2nc(OCCn3cccc3CC)nc3c(F)c(-c4c(C)ccc5[nH]ncc45)c(Cl)cc23)C[C@H]1C. The molecule has 9 nitrogen and oxygen atoms in total. The molecule has 0 unspecified atom stereocenters. The highest BCUT2D eigenvalue weighted by atomic mass is 35.5. The average molecular weight is 616 g/mol. The van der Waals surface area contributed by atoms with E-state index in [2.05, 4.69) is 44.2 Å². The lowest BCUT2D eigenvalue weighted by Gasteiger charge is -2.44. The summed E-state index contributed by atoms with van der Waals surface area (Å²) in [7, 11) is 0. The van der Waals surface area contributed by atoms with E-state index in [1.165, 1.54) is 11.8 Å². The number of nitrogens with zero attached hydrogens (tertiary/aromatic N) is 6. The summed E-state index contributed by atoms with van der Waals surface area (Å²) in [5.74, 6) is -0.173. The van der Waals surface area contributed by atoms with Gasteiger partial charge in [0.15, 0.2) is 5.82 Å². The standard InChI is InChI=1S/C33H35ClFN7O2/c1-6-22-9-8-12-40(22)13-14-44-33-37-31-23(32(38-33)42-18-20(4)41(17-21(42)5)27(43)7-2)15-25(34)29(30(31)35)28-19(3)10-11-26-24(28)16-36-39-26/h7-12,15-16,20-21H,2,6,13-14,17-18H2,1,3-5H3,(H,36,39)/t20-,21+/m1/s1. The van der Waals surface area contributed by atoms with E-state index in [-0.39, 0.29) is 40.1 Å². The van der Waals surface area contributed by atoms with Gasteiger partial charge in [0.25, 0.3) is 0 Å². The largest absolute Gasteiger partial charge is 0.461 e. The molecule has 2 aromatic carbocycles. The molecule has 0 spiro atoms. The molecule has 1 N–H and O–H groups in total. The van der Waals surface area contributed by atoms with Crippen LogP contribution in [0.2, 0.25) is 5.02 Å². The van der Waals surface area contributed by atoms with E-state index in [4.69, 9.17) is 21.3 Å². The maximum absolute atomic E-state index is 16.8. The van der Waals surface area contributed by atoms with Gasteiger partial charge >= 0.3 is 6.01 Å². The van der Waals surface area contributed by atoms with Crippen molar-refractivity contribution in [3.05, 3.63) is 77.5 Å². The lowest BCUT2D eigenvalue weighted by Crippen LogP contribution is -2.58. The molecule has 1 aliphatic heterocycles. The molecule has 228 valence electrons. The molecule has 0 aliphatic carbocycles. The van der Waals surface area contributed by atoms with Crippen LogP contribution in [0.3, 0.4) is 0 Å². The Labute approximate surface area is 260 Å². The fourth-order valence-electron chi connectivity index (χ4n) is 6.20. The molecule has 1 amide bonds. The molecule has 1 saturated heterocycles. The molecular weight excluding hydrogens is 581 g/mol. The van der Waals surface area contributed by atoms with Gasteiger partial charge in [-0.05, 0) is 63.1 Å². The summed E-state index contributed by atoms with van der Waals surface area (Å²) in [6.07, 6.45) is 5.92. The summed E-state index contributed by atoms with van der Waals surface area (Å²) in [4.78, 5) is 25.8. The molecule has 1 fully saturated rings. The predicted molar refractivity (Wildman–Crippen MR) is 172 cm³/mol. The Bertz CT molecular complexity index is 1880. The number of hydrogen-bond acceptors (Lipinski definition) is 6. The van der Waals surface area contributed by atoms with Crippen molar-refractivity contribution in [2.24, 2.45) is 0 Å². The van der Waals surface area contributed by atoms with Crippen molar-refractivity contribution in [2.75, 3.05) is 24.6 Å². The summed E-state index contributed by atoms with van der Waals surface area (Å²) in [6.45, 7) is 13.5. The molecule has 1 aliphatic rings. The van der Waals surface area contributed by atoms with Crippen LogP contribution in [0.4, 0.5) is 10.2 Å². The van der Waals surface area contributed by atoms with Crippen molar-refractivity contribution in [2.45, 2.75) is 52.7 Å². The summed E-state index contributed by atoms with van der Waals surface area (Å²) < 4.78 is 25.1. The van der Waals surface area contributed by atoms with E-state index in [1.54, 1.807) is 17.2 Å². The van der Waals surface area contributed by atoms with Crippen LogP contribution >= 0.6 is 11.6 Å². The van der Waals surface area contributed by atoms with Gasteiger partial charge in [0, 0.05) is 59.0 Å². The summed E-state index contributed by atoms with van der Waals surface area (Å²) in [5, 5.41) is 8.61. The summed E-state index contributed by atoms with van der Waals surface area (Å²) in [5.41, 5.74) is 3.85. The Morgan fingerprint density at radius 2 is 2.00 bits per heavy atom. The third kappa shape index (κ3) is 5.17. The first kappa shape index (κ1) is 29.6. The van der Waals surface area contributed by atoms with E-state index < -0.39 is 5.82 Å². The van der Waals surface area contributed by atoms with Crippen LogP contribution in [0.1, 0.15) is 32.0 Å². The number of carbonyl (C=O) groups excluding carboxylic acids is 1. The number of aromatic amines is 1. The number of rotatable bonds is 8. The molecule has 0 saturated carbocycles. The van der Waals surface area contributed by atoms with Crippen molar-refractivity contribution in [3.8, 4) is 17.1 Å². The number of ether oxygens (including phenoxy) is 1. The van der Waals surface area contributed by atoms with Crippen LogP contribution in [0.15, 0.2) is 55.4 Å². The number of amides is 1. The van der Waals surface area contributed by atoms with Gasteiger partial charge < -0.3 is 19.1 Å². The Morgan fingerprint density at radius 3 is 2.77 bits per heavy atom. The smallest absolute Gasteiger partial charge is 0.319 e. The van der Waals surface area contributed by atoms with Crippen LogP contribution in [0.25, 0.3) is 32.9 Å². The second-order valence-electron chi connectivity index (χ2n) is 11.3. The second-order valence-corrected chi connectivity index (χ2v) is 11.7. The zero-order valence-corrected chi connectivity index (χ0v) is 26.0. The van der Waals surface area contributed by atoms with Gasteiger partial charge in [0.1, 0.15) is 17.9 Å². The molecule has 5 aromatic rings. The molecule has 3 aromatic heterocycles. The van der Waals surface area contributed by atoms with E-state index in [0.29, 0.717) is 43.0 Å². The van der Waals surface area contributed by atoms with Crippen LogP contribution < -0.4 is 9.64 Å². The third-order valence-corrected chi connectivity index (χ3v) is 8.79. The van der Waals surface area contributed by atoms with E-state index >= 15 is 4.39 Å². The maximum atomic E-state index is 16.8. The zero-order valence-electron chi connectivity index (χ0n) is 25.3. The first-order chi connectivity index (χ1) is 21.2. The van der Waals surface area contributed by atoms with Gasteiger partial charge in [-0.3, -0.25) is 9.89 Å². The van der Waals surface area contributed by atoms with Crippen molar-refractivity contribution < 1.29 is 13.9 Å². The highest BCUT2D eigenvalue weighted by molar-refractivity contribution is 6.35. The highest BCUT2D eigenvalue weighted by Crippen LogP contribution is 2.42. The minimum atomic E-state index is -0.558. The number of nitrogens with one attached hydrogen (secondary N) is 1. The number of hydrogen-bond donors (Lipinski definition) is 1. The van der Waals surface area contributed by atoms with Crippen LogP contribution in [-0.4, -0.2) is 67.3 Å². The predicted octanol–water partition coefficient (Wildman–Crippen LogP) is 6.33. The van der Waals surface area contributed by atoms with Gasteiger partial charge in [-0.25, -0.2) is 4.39 Å². The fraction of sp³-hybridized carbons (Fsp3) is 0.333. The molecule has 0 bridgehead atoms. The second kappa shape index (κ2) is 11.9. The zero-order chi connectivity index (χ0) is 31.1. The molecule has 0 radical (unpaired) electrons. The van der Waals surface area contributed by atoms with Gasteiger partial charge in [-0.1, -0.05) is 31.2 Å². The van der Waals surface area contributed by atoms with E-state index in [0.717, 1.165) is 22.9 Å². The first-order valence-electron chi connectivity index (χ1n) is 14.8. The Balaban J connectivity index is 1.48. The first-order valence-corrected chi connectivity index (χ1v) is 15.2. The third-order valence-electron chi connectivity index (χ3n) is 8.49. The van der Waals surface area contributed by atoms with E-state index in [9.17, 15) is 4.79 Å². The number of piperazine rings is 1.